The molecule has 4 aliphatic rings. The Balaban J connectivity index is 1.18. The zero-order valence-corrected chi connectivity index (χ0v) is 39.2. The maximum Gasteiger partial charge on any atom is 0.324 e. The van der Waals surface area contributed by atoms with E-state index in [-0.39, 0.29) is 50.1 Å². The fraction of sp³-hybridized carbons (Fsp3) is 0.490. The Kier molecular flexibility index (Phi) is 13.3. The second-order valence-corrected chi connectivity index (χ2v) is 19.3. The van der Waals surface area contributed by atoms with Gasteiger partial charge in [0.05, 0.1) is 30.6 Å². The third kappa shape index (κ3) is 8.87. The lowest BCUT2D eigenvalue weighted by Crippen LogP contribution is -2.62. The van der Waals surface area contributed by atoms with Crippen LogP contribution in [0.1, 0.15) is 83.7 Å². The highest BCUT2D eigenvalue weighted by molar-refractivity contribution is 5.97. The molecule has 350 valence electrons. The number of hydrazine groups is 1. The van der Waals surface area contributed by atoms with Gasteiger partial charge in [-0.3, -0.25) is 34.0 Å². The summed E-state index contributed by atoms with van der Waals surface area (Å²) in [5.74, 6) is -2.39. The van der Waals surface area contributed by atoms with Gasteiger partial charge in [-0.25, -0.2) is 5.43 Å². The normalized spacial score (nSPS) is 23.3. The average Bonchev–Trinajstić information content (AvgIpc) is 3.99. The fourth-order valence-electron chi connectivity index (χ4n) is 10.2. The summed E-state index contributed by atoms with van der Waals surface area (Å²) in [5, 5.41) is 5.55. The van der Waals surface area contributed by atoms with Crippen LogP contribution in [0.3, 0.4) is 0 Å². The van der Waals surface area contributed by atoms with Gasteiger partial charge in [0.25, 0.3) is 11.8 Å². The molecule has 6 heterocycles. The number of esters is 1. The van der Waals surface area contributed by atoms with E-state index in [2.05, 4.69) is 73.0 Å². The average molecular weight is 902 g/mol. The standard InChI is InChI=1S/C51H63N7O8/c1-9-42(59)55-23-20-51(28-55)49(63)57(30-66-51)44(31(3)4)46(60)53-40-25-33-14-11-15-34(24-33)35-18-19-41-37(26-35)38(45(56(41)10-2)36-16-12-21-52-43(36)32(5)64-8)27-50(6,7)29-65-48(62)39-17-13-22-58(54-39)47(40)61/h9,11-12,14-16,18-19,21,24,26,31-32,39-40,44,54H,1,10,13,17,20,22-23,25,27-30H2,2-8H3,(H,53,60)/t32-,39-,40-,44-,51-/m0/s1. The first kappa shape index (κ1) is 46.6. The summed E-state index contributed by atoms with van der Waals surface area (Å²) in [5.41, 5.74) is 9.15. The van der Waals surface area contributed by atoms with Crippen molar-refractivity contribution in [2.24, 2.45) is 11.3 Å². The number of nitrogens with zero attached hydrogens (tertiary/aromatic N) is 5. The van der Waals surface area contributed by atoms with Crippen LogP contribution in [0, 0.1) is 11.3 Å². The first-order valence-electron chi connectivity index (χ1n) is 23.2. The second-order valence-electron chi connectivity index (χ2n) is 19.3. The van der Waals surface area contributed by atoms with E-state index in [0.717, 1.165) is 50.1 Å². The summed E-state index contributed by atoms with van der Waals surface area (Å²) >= 11 is 0. The van der Waals surface area contributed by atoms with Gasteiger partial charge in [-0.05, 0) is 91.6 Å². The maximum atomic E-state index is 14.7. The molecule has 4 aromatic rings. The van der Waals surface area contributed by atoms with Gasteiger partial charge >= 0.3 is 5.97 Å². The Morgan fingerprint density at radius 2 is 1.85 bits per heavy atom. The zero-order chi connectivity index (χ0) is 47.1. The molecule has 4 aliphatic heterocycles. The van der Waals surface area contributed by atoms with E-state index in [1.807, 2.05) is 45.0 Å². The fourth-order valence-corrected chi connectivity index (χ4v) is 10.2. The minimum atomic E-state index is -1.26. The smallest absolute Gasteiger partial charge is 0.324 e. The first-order chi connectivity index (χ1) is 31.6. The van der Waals surface area contributed by atoms with Crippen molar-refractivity contribution in [1.82, 2.24) is 35.1 Å². The quantitative estimate of drug-likeness (QED) is 0.156. The number of methoxy groups -OCH3 is 1. The van der Waals surface area contributed by atoms with Crippen LogP contribution in [0.5, 0.6) is 0 Å². The van der Waals surface area contributed by atoms with Crippen molar-refractivity contribution in [1.29, 1.82) is 0 Å². The monoisotopic (exact) mass is 901 g/mol. The lowest BCUT2D eigenvalue weighted by atomic mass is 9.84. The van der Waals surface area contributed by atoms with Crippen LogP contribution in [0.15, 0.2) is 73.4 Å². The molecule has 2 aromatic heterocycles. The largest absolute Gasteiger partial charge is 0.464 e. The molecule has 8 rings (SSSR count). The Morgan fingerprint density at radius 3 is 2.59 bits per heavy atom. The van der Waals surface area contributed by atoms with Crippen LogP contribution in [0.2, 0.25) is 0 Å². The highest BCUT2D eigenvalue weighted by atomic mass is 16.5. The van der Waals surface area contributed by atoms with E-state index in [9.17, 15) is 24.0 Å². The molecule has 2 N–H and O–H groups in total. The van der Waals surface area contributed by atoms with E-state index in [0.29, 0.717) is 45.3 Å². The minimum absolute atomic E-state index is 0.0672. The molecule has 1 spiro atoms. The van der Waals surface area contributed by atoms with Gasteiger partial charge in [-0.15, -0.1) is 0 Å². The van der Waals surface area contributed by atoms with E-state index < -0.39 is 46.9 Å². The Morgan fingerprint density at radius 1 is 1.06 bits per heavy atom. The number of aryl methyl sites for hydroxylation is 1. The van der Waals surface area contributed by atoms with E-state index in [1.165, 1.54) is 20.9 Å². The number of ether oxygens (including phenoxy) is 3. The summed E-state index contributed by atoms with van der Waals surface area (Å²) in [6.07, 6.45) is 4.76. The molecule has 3 fully saturated rings. The Hall–Kier alpha value is -5.90. The second kappa shape index (κ2) is 18.8. The first-order valence-corrected chi connectivity index (χ1v) is 23.2. The van der Waals surface area contributed by atoms with Crippen molar-refractivity contribution in [3.8, 4) is 22.4 Å². The van der Waals surface area contributed by atoms with Crippen LogP contribution in [0.25, 0.3) is 33.3 Å². The summed E-state index contributed by atoms with van der Waals surface area (Å²) in [4.78, 5) is 77.7. The molecular formula is C51H63N7O8. The Bertz CT molecular complexity index is 2550. The number of pyridine rings is 1. The van der Waals surface area contributed by atoms with E-state index >= 15 is 0 Å². The van der Waals surface area contributed by atoms with Gasteiger partial charge in [0.2, 0.25) is 11.8 Å². The summed E-state index contributed by atoms with van der Waals surface area (Å²) < 4.78 is 20.4. The van der Waals surface area contributed by atoms with Crippen molar-refractivity contribution in [3.63, 3.8) is 0 Å². The molecular weight excluding hydrogens is 839 g/mol. The van der Waals surface area contributed by atoms with Crippen molar-refractivity contribution >= 4 is 40.5 Å². The number of hydrogen-bond donors (Lipinski definition) is 2. The van der Waals surface area contributed by atoms with Gasteiger partial charge in [0.15, 0.2) is 5.60 Å². The number of aromatic nitrogens is 2. The molecule has 15 nitrogen and oxygen atoms in total. The third-order valence-corrected chi connectivity index (χ3v) is 13.7. The van der Waals surface area contributed by atoms with Crippen LogP contribution in [0.4, 0.5) is 0 Å². The SMILES string of the molecule is C=CC(=O)N1CC[C@@]2(C1)OCN([C@H](C(=O)N[C@H]1Cc3cccc(c3)-c3ccc4c(c3)c(c(-c3cccnc3[C@H](C)OC)n4CC)CC(C)(C)COC(=O)[C@@H]3CCCN(N3)C1=O)C(C)C)C2=O. The number of cyclic esters (lactones) is 1. The number of carbonyl (C=O) groups is 5. The lowest BCUT2D eigenvalue weighted by molar-refractivity contribution is -0.155. The number of benzene rings is 2. The minimum Gasteiger partial charge on any atom is -0.464 e. The van der Waals surface area contributed by atoms with Crippen LogP contribution < -0.4 is 10.7 Å². The summed E-state index contributed by atoms with van der Waals surface area (Å²) in [6.45, 7) is 17.0. The number of nitrogens with one attached hydrogen (secondary N) is 2. The van der Waals surface area contributed by atoms with Crippen LogP contribution in [-0.2, 0) is 57.6 Å². The summed E-state index contributed by atoms with van der Waals surface area (Å²) in [6, 6.07) is 15.7. The van der Waals surface area contributed by atoms with Crippen molar-refractivity contribution in [2.45, 2.75) is 110 Å². The molecule has 6 bridgehead atoms. The van der Waals surface area contributed by atoms with E-state index in [4.69, 9.17) is 19.2 Å². The number of rotatable bonds is 9. The lowest BCUT2D eigenvalue weighted by Gasteiger charge is -2.36. The highest BCUT2D eigenvalue weighted by Crippen LogP contribution is 2.42. The molecule has 3 saturated heterocycles. The predicted octanol–water partition coefficient (Wildman–Crippen LogP) is 5.74. The van der Waals surface area contributed by atoms with Crippen molar-refractivity contribution in [3.05, 3.63) is 90.3 Å². The molecule has 5 atom stereocenters. The van der Waals surface area contributed by atoms with Gasteiger partial charge in [-0.1, -0.05) is 64.6 Å². The molecule has 0 saturated carbocycles. The Labute approximate surface area is 386 Å². The number of likely N-dealkylation sites (tertiary alicyclic amines) is 1. The van der Waals surface area contributed by atoms with Crippen molar-refractivity contribution < 1.29 is 38.2 Å². The topological polar surface area (TPSA) is 165 Å². The third-order valence-electron chi connectivity index (χ3n) is 13.7. The van der Waals surface area contributed by atoms with Crippen LogP contribution in [-0.4, -0.2) is 118 Å². The zero-order valence-electron chi connectivity index (χ0n) is 39.2. The van der Waals surface area contributed by atoms with Gasteiger partial charge in [0, 0.05) is 67.7 Å². The predicted molar refractivity (Wildman–Crippen MR) is 249 cm³/mol. The molecule has 15 heteroatoms. The number of carbonyl (C=O) groups excluding carboxylic acids is 5. The molecule has 2 aromatic carbocycles. The number of fused-ring (bicyclic) bond motifs is 6. The van der Waals surface area contributed by atoms with Gasteiger partial charge in [-0.2, -0.15) is 0 Å². The molecule has 0 unspecified atom stereocenters. The maximum absolute atomic E-state index is 14.7. The van der Waals surface area contributed by atoms with E-state index in [1.54, 1.807) is 13.3 Å². The highest BCUT2D eigenvalue weighted by Gasteiger charge is 2.56. The molecule has 4 amide bonds. The van der Waals surface area contributed by atoms with Crippen LogP contribution >= 0.6 is 0 Å². The molecule has 0 radical (unpaired) electrons. The molecule has 66 heavy (non-hydrogen) atoms. The summed E-state index contributed by atoms with van der Waals surface area (Å²) in [7, 11) is 1.69. The van der Waals surface area contributed by atoms with Gasteiger partial charge in [0.1, 0.15) is 24.9 Å². The molecule has 0 aliphatic carbocycles. The number of amides is 4. The van der Waals surface area contributed by atoms with Crippen molar-refractivity contribution in [2.75, 3.05) is 40.1 Å². The number of hydrogen-bond acceptors (Lipinski definition) is 10. The van der Waals surface area contributed by atoms with Gasteiger partial charge < -0.3 is 33.9 Å².